The molecule has 0 spiro atoms. The van der Waals surface area contributed by atoms with Gasteiger partial charge in [-0.15, -0.1) is 0 Å². The quantitative estimate of drug-likeness (QED) is 0.248. The standard InChI is InChI=1S/C34H53N3O7/c1-24(2)37(33(39)26-11-16-30(43-4)31(22-26)44-20-8-19-42-3)29-15-14-28(36(23-29)34(40)41)17-18-35(27-12-13-27)32(38)21-25-9-6-5-7-10-25/h11,16,22,24-25,27-29H,5-10,12-15,17-21,23H2,1-4H3,(H,40,41)/t28-,29-/m1/s1. The minimum Gasteiger partial charge on any atom is -0.493 e. The summed E-state index contributed by atoms with van der Waals surface area (Å²) in [5.74, 6) is 1.61. The number of nitrogens with zero attached hydrogens (tertiary/aromatic N) is 3. The number of hydrogen-bond acceptors (Lipinski definition) is 6. The lowest BCUT2D eigenvalue weighted by molar-refractivity contribution is -0.133. The summed E-state index contributed by atoms with van der Waals surface area (Å²) in [6, 6.07) is 4.93. The number of carbonyl (C=O) groups excluding carboxylic acids is 2. The lowest BCUT2D eigenvalue weighted by Gasteiger charge is -2.44. The number of carbonyl (C=O) groups is 3. The van der Waals surface area contributed by atoms with Crippen molar-refractivity contribution in [2.24, 2.45) is 5.92 Å². The van der Waals surface area contributed by atoms with Crippen molar-refractivity contribution in [3.05, 3.63) is 23.8 Å². The molecule has 1 aliphatic heterocycles. The number of methoxy groups -OCH3 is 2. The Bertz CT molecular complexity index is 1100. The van der Waals surface area contributed by atoms with Crippen LogP contribution >= 0.6 is 0 Å². The fraction of sp³-hybridized carbons (Fsp3) is 0.735. The Morgan fingerprint density at radius 2 is 1.68 bits per heavy atom. The number of likely N-dealkylation sites (tertiary alicyclic amines) is 1. The Balaban J connectivity index is 1.40. The van der Waals surface area contributed by atoms with Gasteiger partial charge in [0.05, 0.1) is 19.8 Å². The second-order valence-electron chi connectivity index (χ2n) is 13.0. The molecule has 3 amide bonds. The van der Waals surface area contributed by atoms with E-state index < -0.39 is 6.09 Å². The summed E-state index contributed by atoms with van der Waals surface area (Å²) in [5.41, 5.74) is 0.474. The van der Waals surface area contributed by atoms with Gasteiger partial charge in [0.25, 0.3) is 5.91 Å². The van der Waals surface area contributed by atoms with Crippen molar-refractivity contribution in [3.63, 3.8) is 0 Å². The Kier molecular flexibility index (Phi) is 12.6. The van der Waals surface area contributed by atoms with Crippen LogP contribution < -0.4 is 9.47 Å². The third-order valence-corrected chi connectivity index (χ3v) is 9.47. The number of carboxylic acid groups (broad SMARTS) is 1. The average Bonchev–Trinajstić information content (AvgIpc) is 3.85. The molecule has 10 nitrogen and oxygen atoms in total. The molecule has 4 rings (SSSR count). The summed E-state index contributed by atoms with van der Waals surface area (Å²) in [4.78, 5) is 45.1. The van der Waals surface area contributed by atoms with Gasteiger partial charge in [0.2, 0.25) is 5.91 Å². The van der Waals surface area contributed by atoms with E-state index in [2.05, 4.69) is 0 Å². The van der Waals surface area contributed by atoms with Gasteiger partial charge >= 0.3 is 6.09 Å². The first-order chi connectivity index (χ1) is 21.2. The highest BCUT2D eigenvalue weighted by atomic mass is 16.5. The first kappa shape index (κ1) is 33.9. The lowest BCUT2D eigenvalue weighted by Crippen LogP contribution is -2.57. The second-order valence-corrected chi connectivity index (χ2v) is 13.0. The molecular weight excluding hydrogens is 562 g/mol. The van der Waals surface area contributed by atoms with Crippen LogP contribution in [-0.2, 0) is 9.53 Å². The van der Waals surface area contributed by atoms with Crippen LogP contribution in [0.3, 0.4) is 0 Å². The van der Waals surface area contributed by atoms with Crippen LogP contribution in [0.5, 0.6) is 11.5 Å². The Labute approximate surface area is 263 Å². The largest absolute Gasteiger partial charge is 0.493 e. The summed E-state index contributed by atoms with van der Waals surface area (Å²) in [6.45, 7) is 5.78. The van der Waals surface area contributed by atoms with Crippen molar-refractivity contribution >= 4 is 17.9 Å². The summed E-state index contributed by atoms with van der Waals surface area (Å²) in [7, 11) is 3.21. The zero-order valence-electron chi connectivity index (χ0n) is 27.2. The van der Waals surface area contributed by atoms with E-state index in [1.807, 2.05) is 23.6 Å². The van der Waals surface area contributed by atoms with Gasteiger partial charge in [-0.05, 0) is 82.9 Å². The Hall–Kier alpha value is -3.01. The molecule has 1 saturated heterocycles. The van der Waals surface area contributed by atoms with E-state index in [4.69, 9.17) is 14.2 Å². The Morgan fingerprint density at radius 3 is 2.32 bits per heavy atom. The third kappa shape index (κ3) is 9.02. The van der Waals surface area contributed by atoms with E-state index in [0.29, 0.717) is 80.9 Å². The van der Waals surface area contributed by atoms with Gasteiger partial charge in [0.1, 0.15) is 0 Å². The molecule has 1 N–H and O–H groups in total. The minimum atomic E-state index is -0.974. The molecule has 0 bridgehead atoms. The highest BCUT2D eigenvalue weighted by molar-refractivity contribution is 5.95. The van der Waals surface area contributed by atoms with Crippen LogP contribution in [-0.4, -0.2) is 102 Å². The highest BCUT2D eigenvalue weighted by Crippen LogP contribution is 2.34. The van der Waals surface area contributed by atoms with Gasteiger partial charge < -0.3 is 34.0 Å². The number of piperidine rings is 1. The predicted molar refractivity (Wildman–Crippen MR) is 168 cm³/mol. The molecule has 3 aliphatic rings. The van der Waals surface area contributed by atoms with E-state index in [1.165, 1.54) is 24.2 Å². The average molecular weight is 616 g/mol. The molecular formula is C34H53N3O7. The highest BCUT2D eigenvalue weighted by Gasteiger charge is 2.39. The maximum absolute atomic E-state index is 13.9. The fourth-order valence-corrected chi connectivity index (χ4v) is 6.99. The molecule has 1 aromatic carbocycles. The van der Waals surface area contributed by atoms with Crippen LogP contribution in [0, 0.1) is 5.92 Å². The smallest absolute Gasteiger partial charge is 0.407 e. The summed E-state index contributed by atoms with van der Waals surface area (Å²) < 4.78 is 16.5. The SMILES string of the molecule is COCCCOc1cc(C(=O)N(C(C)C)[C@@H]2CC[C@H](CCN(C(=O)CC3CCCCC3)C3CC3)N(C(=O)O)C2)ccc1OC. The van der Waals surface area contributed by atoms with E-state index in [0.717, 1.165) is 25.7 Å². The van der Waals surface area contributed by atoms with Gasteiger partial charge in [-0.1, -0.05) is 19.3 Å². The van der Waals surface area contributed by atoms with Gasteiger partial charge in [0, 0.05) is 63.3 Å². The number of benzene rings is 1. The summed E-state index contributed by atoms with van der Waals surface area (Å²) in [6.07, 6.45) is 10.4. The van der Waals surface area contributed by atoms with Gasteiger partial charge in [-0.25, -0.2) is 4.79 Å². The van der Waals surface area contributed by atoms with Crippen LogP contribution in [0.25, 0.3) is 0 Å². The zero-order chi connectivity index (χ0) is 31.6. The number of hydrogen-bond donors (Lipinski definition) is 1. The van der Waals surface area contributed by atoms with Crippen molar-refractivity contribution in [2.75, 3.05) is 40.5 Å². The molecule has 2 atom stereocenters. The molecule has 0 aromatic heterocycles. The molecule has 10 heteroatoms. The van der Waals surface area contributed by atoms with Gasteiger partial charge in [0.15, 0.2) is 11.5 Å². The normalized spacial score (nSPS) is 20.8. The molecule has 2 aliphatic carbocycles. The third-order valence-electron chi connectivity index (χ3n) is 9.47. The molecule has 0 unspecified atom stereocenters. The summed E-state index contributed by atoms with van der Waals surface area (Å²) >= 11 is 0. The van der Waals surface area contributed by atoms with Crippen molar-refractivity contribution in [3.8, 4) is 11.5 Å². The maximum atomic E-state index is 13.9. The van der Waals surface area contributed by atoms with Gasteiger partial charge in [-0.3, -0.25) is 9.59 Å². The fourth-order valence-electron chi connectivity index (χ4n) is 6.99. The van der Waals surface area contributed by atoms with Crippen molar-refractivity contribution in [1.82, 2.24) is 14.7 Å². The number of ether oxygens (including phenoxy) is 3. The minimum absolute atomic E-state index is 0.129. The summed E-state index contributed by atoms with van der Waals surface area (Å²) in [5, 5.41) is 10.2. The topological polar surface area (TPSA) is 109 Å². The zero-order valence-corrected chi connectivity index (χ0v) is 27.2. The van der Waals surface area contributed by atoms with E-state index in [9.17, 15) is 19.5 Å². The van der Waals surface area contributed by atoms with E-state index in [-0.39, 0.29) is 36.5 Å². The van der Waals surface area contributed by atoms with Crippen LogP contribution in [0.4, 0.5) is 4.79 Å². The van der Waals surface area contributed by atoms with Crippen LogP contribution in [0.1, 0.15) is 101 Å². The monoisotopic (exact) mass is 615 g/mol. The van der Waals surface area contributed by atoms with E-state index >= 15 is 0 Å². The molecule has 246 valence electrons. The van der Waals surface area contributed by atoms with Crippen molar-refractivity contribution < 1.29 is 33.7 Å². The first-order valence-corrected chi connectivity index (χ1v) is 16.6. The molecule has 44 heavy (non-hydrogen) atoms. The second kappa shape index (κ2) is 16.3. The van der Waals surface area contributed by atoms with Crippen LogP contribution in [0.15, 0.2) is 18.2 Å². The van der Waals surface area contributed by atoms with Crippen molar-refractivity contribution in [2.45, 2.75) is 115 Å². The lowest BCUT2D eigenvalue weighted by atomic mass is 9.86. The molecule has 1 aromatic rings. The van der Waals surface area contributed by atoms with E-state index in [1.54, 1.807) is 32.4 Å². The Morgan fingerprint density at radius 1 is 0.955 bits per heavy atom. The molecule has 3 fully saturated rings. The predicted octanol–water partition coefficient (Wildman–Crippen LogP) is 5.82. The number of amides is 3. The number of rotatable bonds is 15. The molecule has 2 saturated carbocycles. The molecule has 0 radical (unpaired) electrons. The van der Waals surface area contributed by atoms with Crippen LogP contribution in [0.2, 0.25) is 0 Å². The van der Waals surface area contributed by atoms with Gasteiger partial charge in [-0.2, -0.15) is 0 Å². The molecule has 1 heterocycles. The van der Waals surface area contributed by atoms with Crippen molar-refractivity contribution in [1.29, 1.82) is 0 Å². The maximum Gasteiger partial charge on any atom is 0.407 e. The first-order valence-electron chi connectivity index (χ1n) is 16.6.